The molecule has 1 heterocycles. The number of hydrogen-bond acceptors (Lipinski definition) is 2. The quantitative estimate of drug-likeness (QED) is 0.392. The van der Waals surface area contributed by atoms with Crippen LogP contribution in [0.4, 0.5) is 0 Å². The van der Waals surface area contributed by atoms with E-state index < -0.39 is 0 Å². The van der Waals surface area contributed by atoms with Crippen LogP contribution in [0.1, 0.15) is 31.2 Å². The fourth-order valence-electron chi connectivity index (χ4n) is 2.09. The number of hydrogen-bond donors (Lipinski definition) is 2. The van der Waals surface area contributed by atoms with Gasteiger partial charge in [-0.1, -0.05) is 23.7 Å². The molecule has 0 fully saturated rings. The Morgan fingerprint density at radius 2 is 2.00 bits per heavy atom. The Labute approximate surface area is 159 Å². The van der Waals surface area contributed by atoms with E-state index >= 15 is 0 Å². The van der Waals surface area contributed by atoms with Crippen LogP contribution in [0.25, 0.3) is 0 Å². The van der Waals surface area contributed by atoms with Crippen LogP contribution in [0, 0.1) is 0 Å². The molecule has 4 nitrogen and oxygen atoms in total. The van der Waals surface area contributed by atoms with Crippen molar-refractivity contribution in [2.75, 3.05) is 13.1 Å². The third-order valence-corrected chi connectivity index (χ3v) is 3.53. The van der Waals surface area contributed by atoms with E-state index in [0.29, 0.717) is 6.54 Å². The maximum Gasteiger partial charge on any atom is 0.191 e. The van der Waals surface area contributed by atoms with Gasteiger partial charge in [0.15, 0.2) is 5.96 Å². The number of rotatable bonds is 6. The predicted octanol–water partition coefficient (Wildman–Crippen LogP) is 4.41. The van der Waals surface area contributed by atoms with Crippen LogP contribution in [0.3, 0.4) is 0 Å². The fourth-order valence-corrected chi connectivity index (χ4v) is 2.22. The smallest absolute Gasteiger partial charge is 0.191 e. The molecule has 6 heteroatoms. The summed E-state index contributed by atoms with van der Waals surface area (Å²) in [5.74, 6) is 1.75. The van der Waals surface area contributed by atoms with Crippen LogP contribution in [0.2, 0.25) is 5.02 Å². The van der Waals surface area contributed by atoms with Gasteiger partial charge in [0.2, 0.25) is 0 Å². The molecular weight excluding hydrogens is 425 g/mol. The summed E-state index contributed by atoms with van der Waals surface area (Å²) in [6.07, 6.45) is 2.48. The summed E-state index contributed by atoms with van der Waals surface area (Å²) in [5, 5.41) is 7.40. The minimum absolute atomic E-state index is 0. The highest BCUT2D eigenvalue weighted by atomic mass is 127. The minimum atomic E-state index is 0. The third-order valence-electron chi connectivity index (χ3n) is 3.28. The van der Waals surface area contributed by atoms with Gasteiger partial charge in [0.25, 0.3) is 0 Å². The molecule has 0 spiro atoms. The van der Waals surface area contributed by atoms with E-state index in [1.54, 1.807) is 6.26 Å². The van der Waals surface area contributed by atoms with Crippen molar-refractivity contribution in [2.45, 2.75) is 26.3 Å². The van der Waals surface area contributed by atoms with Crippen molar-refractivity contribution in [1.29, 1.82) is 0 Å². The maximum absolute atomic E-state index is 5.92. The Morgan fingerprint density at radius 1 is 1.26 bits per heavy atom. The Balaban J connectivity index is 0.00000264. The van der Waals surface area contributed by atoms with Crippen LogP contribution in [0.15, 0.2) is 52.1 Å². The van der Waals surface area contributed by atoms with Gasteiger partial charge in [0, 0.05) is 24.5 Å². The molecule has 0 saturated carbocycles. The van der Waals surface area contributed by atoms with E-state index in [9.17, 15) is 0 Å². The summed E-state index contributed by atoms with van der Waals surface area (Å²) in [5.41, 5.74) is 1.17. The number of nitrogens with one attached hydrogen (secondary N) is 2. The molecule has 23 heavy (non-hydrogen) atoms. The van der Waals surface area contributed by atoms with Gasteiger partial charge in [-0.2, -0.15) is 0 Å². The van der Waals surface area contributed by atoms with Gasteiger partial charge in [-0.25, -0.2) is 0 Å². The lowest BCUT2D eigenvalue weighted by molar-refractivity contribution is 0.510. The molecule has 1 atom stereocenters. The summed E-state index contributed by atoms with van der Waals surface area (Å²) in [6, 6.07) is 11.8. The molecule has 2 rings (SSSR count). The molecule has 1 aromatic heterocycles. The van der Waals surface area contributed by atoms with Gasteiger partial charge in [-0.3, -0.25) is 4.99 Å². The number of guanidine groups is 1. The second kappa shape index (κ2) is 10.5. The van der Waals surface area contributed by atoms with Crippen LogP contribution in [-0.4, -0.2) is 19.0 Å². The lowest BCUT2D eigenvalue weighted by atomic mass is 10.1. The van der Waals surface area contributed by atoms with E-state index in [2.05, 4.69) is 29.5 Å². The molecule has 0 bridgehead atoms. The third kappa shape index (κ3) is 6.83. The van der Waals surface area contributed by atoms with Crippen molar-refractivity contribution in [3.63, 3.8) is 0 Å². The van der Waals surface area contributed by atoms with Crippen LogP contribution in [-0.2, 0) is 6.42 Å². The summed E-state index contributed by atoms with van der Waals surface area (Å²) in [4.78, 5) is 4.58. The largest absolute Gasteiger partial charge is 0.469 e. The fraction of sp³-hybridized carbons (Fsp3) is 0.353. The molecule has 126 valence electrons. The van der Waals surface area contributed by atoms with E-state index in [-0.39, 0.29) is 30.0 Å². The number of benzene rings is 1. The van der Waals surface area contributed by atoms with Gasteiger partial charge in [0.1, 0.15) is 5.76 Å². The molecule has 1 aromatic carbocycles. The summed E-state index contributed by atoms with van der Waals surface area (Å²) in [6.45, 7) is 5.65. The van der Waals surface area contributed by atoms with E-state index in [0.717, 1.165) is 29.7 Å². The highest BCUT2D eigenvalue weighted by Gasteiger charge is 2.07. The monoisotopic (exact) mass is 447 g/mol. The first-order valence-electron chi connectivity index (χ1n) is 7.51. The van der Waals surface area contributed by atoms with Gasteiger partial charge >= 0.3 is 0 Å². The molecule has 0 aliphatic carbocycles. The highest BCUT2D eigenvalue weighted by molar-refractivity contribution is 14.0. The van der Waals surface area contributed by atoms with Crippen molar-refractivity contribution in [3.8, 4) is 0 Å². The topological polar surface area (TPSA) is 49.6 Å². The van der Waals surface area contributed by atoms with Crippen LogP contribution >= 0.6 is 35.6 Å². The van der Waals surface area contributed by atoms with E-state index in [1.807, 2.05) is 36.4 Å². The van der Waals surface area contributed by atoms with Crippen molar-refractivity contribution in [1.82, 2.24) is 10.6 Å². The number of furan rings is 1. The molecule has 0 aliphatic rings. The predicted molar refractivity (Wildman–Crippen MR) is 107 cm³/mol. The normalized spacial score (nSPS) is 12.4. The number of nitrogens with zero attached hydrogens (tertiary/aromatic N) is 1. The van der Waals surface area contributed by atoms with Gasteiger partial charge in [0.05, 0.1) is 12.3 Å². The van der Waals surface area contributed by atoms with E-state index in [4.69, 9.17) is 16.0 Å². The lowest BCUT2D eigenvalue weighted by Gasteiger charge is -2.18. The Hall–Kier alpha value is -1.21. The average Bonchev–Trinajstić information content (AvgIpc) is 3.01. The average molecular weight is 448 g/mol. The summed E-state index contributed by atoms with van der Waals surface area (Å²) in [7, 11) is 0. The second-order valence-electron chi connectivity index (χ2n) is 5.01. The van der Waals surface area contributed by atoms with Crippen LogP contribution < -0.4 is 10.6 Å². The first-order chi connectivity index (χ1) is 10.7. The molecule has 1 unspecified atom stereocenters. The first kappa shape index (κ1) is 19.8. The van der Waals surface area contributed by atoms with E-state index in [1.165, 1.54) is 5.56 Å². The van der Waals surface area contributed by atoms with Crippen molar-refractivity contribution < 1.29 is 4.42 Å². The summed E-state index contributed by atoms with van der Waals surface area (Å²) < 4.78 is 5.31. The molecule has 0 saturated heterocycles. The molecule has 0 amide bonds. The highest BCUT2D eigenvalue weighted by Crippen LogP contribution is 2.15. The summed E-state index contributed by atoms with van der Waals surface area (Å²) >= 11 is 5.92. The first-order valence-corrected chi connectivity index (χ1v) is 7.89. The standard InChI is InChI=1S/C17H22ClN3O.HI/c1-3-19-17(20-11-10-16-5-4-12-22-16)21-13(2)14-6-8-15(18)9-7-14;/h4-9,12-13H,3,10-11H2,1-2H3,(H2,19,20,21);1H. The molecular formula is C17H23ClIN3O. The zero-order chi connectivity index (χ0) is 15.8. The minimum Gasteiger partial charge on any atom is -0.469 e. The molecule has 0 radical (unpaired) electrons. The van der Waals surface area contributed by atoms with Gasteiger partial charge in [-0.15, -0.1) is 24.0 Å². The lowest BCUT2D eigenvalue weighted by Crippen LogP contribution is -2.38. The van der Waals surface area contributed by atoms with Gasteiger partial charge < -0.3 is 15.1 Å². The van der Waals surface area contributed by atoms with Crippen molar-refractivity contribution in [2.24, 2.45) is 4.99 Å². The SMILES string of the molecule is CCNC(=NCCc1ccco1)NC(C)c1ccc(Cl)cc1.I. The Bertz CT molecular complexity index is 584. The molecule has 2 N–H and O–H groups in total. The van der Waals surface area contributed by atoms with Gasteiger partial charge in [-0.05, 0) is 43.7 Å². The molecule has 2 aromatic rings. The number of halogens is 2. The Kier molecular flexibility index (Phi) is 9.09. The second-order valence-corrected chi connectivity index (χ2v) is 5.44. The van der Waals surface area contributed by atoms with Crippen molar-refractivity contribution in [3.05, 3.63) is 59.0 Å². The van der Waals surface area contributed by atoms with Crippen molar-refractivity contribution >= 4 is 41.5 Å². The Morgan fingerprint density at radius 3 is 2.61 bits per heavy atom. The van der Waals surface area contributed by atoms with Crippen LogP contribution in [0.5, 0.6) is 0 Å². The zero-order valence-electron chi connectivity index (χ0n) is 13.4. The molecule has 0 aliphatic heterocycles. The zero-order valence-corrected chi connectivity index (χ0v) is 16.5. The number of aliphatic imine (C=N–C) groups is 1. The maximum atomic E-state index is 5.92.